The van der Waals surface area contributed by atoms with Crippen molar-refractivity contribution in [3.05, 3.63) is 64.2 Å². The van der Waals surface area contributed by atoms with Crippen LogP contribution in [0.4, 0.5) is 5.69 Å². The van der Waals surface area contributed by atoms with Crippen molar-refractivity contribution >= 4 is 40.2 Å². The first-order valence-electron chi connectivity index (χ1n) is 9.97. The summed E-state index contributed by atoms with van der Waals surface area (Å²) in [6.07, 6.45) is 5.73. The highest BCUT2D eigenvalue weighted by Crippen LogP contribution is 2.25. The van der Waals surface area contributed by atoms with Crippen LogP contribution in [-0.4, -0.2) is 34.7 Å². The molecule has 0 bridgehead atoms. The van der Waals surface area contributed by atoms with Crippen LogP contribution in [0.5, 0.6) is 0 Å². The van der Waals surface area contributed by atoms with Crippen molar-refractivity contribution in [2.24, 2.45) is 5.92 Å². The molecule has 156 valence electrons. The number of para-hydroxylation sites is 1. The van der Waals surface area contributed by atoms with Crippen molar-refractivity contribution in [1.82, 2.24) is 0 Å². The number of aliphatic carboxylic acids is 2. The molecule has 1 saturated heterocycles. The van der Waals surface area contributed by atoms with Gasteiger partial charge in [-0.2, -0.15) is 0 Å². The molecular weight excluding hydrogens is 481 g/mol. The van der Waals surface area contributed by atoms with Gasteiger partial charge in [0.2, 0.25) is 0 Å². The molecule has 1 atom stereocenters. The zero-order valence-corrected chi connectivity index (χ0v) is 18.6. The molecule has 6 heteroatoms. The highest BCUT2D eigenvalue weighted by atomic mass is 127. The Morgan fingerprint density at radius 3 is 1.76 bits per heavy atom. The van der Waals surface area contributed by atoms with Crippen LogP contribution in [0.2, 0.25) is 0 Å². The first-order valence-corrected chi connectivity index (χ1v) is 11.0. The van der Waals surface area contributed by atoms with E-state index in [-0.39, 0.29) is 12.0 Å². The van der Waals surface area contributed by atoms with Crippen molar-refractivity contribution in [2.45, 2.75) is 44.6 Å². The second-order valence-electron chi connectivity index (χ2n) is 7.14. The first kappa shape index (κ1) is 23.2. The van der Waals surface area contributed by atoms with Gasteiger partial charge in [-0.25, -0.2) is 4.79 Å². The number of anilines is 1. The lowest BCUT2D eigenvalue weighted by Crippen LogP contribution is -2.35. The molecule has 2 aromatic carbocycles. The van der Waals surface area contributed by atoms with E-state index in [2.05, 4.69) is 34.7 Å². The summed E-state index contributed by atoms with van der Waals surface area (Å²) in [6, 6.07) is 19.6. The fourth-order valence-electron chi connectivity index (χ4n) is 3.54. The van der Waals surface area contributed by atoms with E-state index in [0.717, 1.165) is 50.8 Å². The average molecular weight is 509 g/mol. The SMILES string of the molecule is Ic1ccccc1.O=C(O)C1CCCC1.O=C(O)[C@H]1CCCN1c1ccccc1. The smallest absolute Gasteiger partial charge is 0.326 e. The van der Waals surface area contributed by atoms with Crippen LogP contribution in [0.15, 0.2) is 60.7 Å². The molecule has 1 aliphatic heterocycles. The molecule has 0 spiro atoms. The van der Waals surface area contributed by atoms with Gasteiger partial charge in [0.25, 0.3) is 0 Å². The third-order valence-corrected chi connectivity index (χ3v) is 5.78. The summed E-state index contributed by atoms with van der Waals surface area (Å²) in [6.45, 7) is 0.848. The fraction of sp³-hybridized carbons (Fsp3) is 0.391. The summed E-state index contributed by atoms with van der Waals surface area (Å²) < 4.78 is 1.29. The normalized spacial score (nSPS) is 18.2. The number of carboxylic acid groups (broad SMARTS) is 2. The maximum Gasteiger partial charge on any atom is 0.326 e. The lowest BCUT2D eigenvalue weighted by Gasteiger charge is -2.23. The lowest BCUT2D eigenvalue weighted by atomic mass is 10.1. The number of hydrogen-bond donors (Lipinski definition) is 2. The molecule has 2 fully saturated rings. The van der Waals surface area contributed by atoms with E-state index in [4.69, 9.17) is 10.2 Å². The van der Waals surface area contributed by atoms with E-state index >= 15 is 0 Å². The quantitative estimate of drug-likeness (QED) is 0.550. The van der Waals surface area contributed by atoms with Crippen LogP contribution in [-0.2, 0) is 9.59 Å². The minimum absolute atomic E-state index is 0.0185. The van der Waals surface area contributed by atoms with E-state index in [1.807, 2.05) is 53.4 Å². The number of rotatable bonds is 3. The van der Waals surface area contributed by atoms with Crippen molar-refractivity contribution < 1.29 is 19.8 Å². The average Bonchev–Trinajstić information content (AvgIpc) is 3.42. The summed E-state index contributed by atoms with van der Waals surface area (Å²) in [5.41, 5.74) is 1.01. The van der Waals surface area contributed by atoms with E-state index in [1.54, 1.807) is 0 Å². The van der Waals surface area contributed by atoms with Gasteiger partial charge in [-0.15, -0.1) is 0 Å². The molecule has 2 N–H and O–H groups in total. The Kier molecular flexibility index (Phi) is 9.97. The van der Waals surface area contributed by atoms with Crippen LogP contribution in [0.25, 0.3) is 0 Å². The van der Waals surface area contributed by atoms with Crippen molar-refractivity contribution in [3.8, 4) is 0 Å². The molecule has 5 nitrogen and oxygen atoms in total. The largest absolute Gasteiger partial charge is 0.481 e. The van der Waals surface area contributed by atoms with E-state index in [1.165, 1.54) is 3.57 Å². The highest BCUT2D eigenvalue weighted by molar-refractivity contribution is 14.1. The monoisotopic (exact) mass is 509 g/mol. The molecule has 0 amide bonds. The van der Waals surface area contributed by atoms with E-state index < -0.39 is 11.9 Å². The van der Waals surface area contributed by atoms with Crippen molar-refractivity contribution in [1.29, 1.82) is 0 Å². The molecule has 2 aromatic rings. The van der Waals surface area contributed by atoms with Crippen molar-refractivity contribution in [3.63, 3.8) is 0 Å². The second-order valence-corrected chi connectivity index (χ2v) is 8.39. The third-order valence-electron chi connectivity index (χ3n) is 5.06. The van der Waals surface area contributed by atoms with Gasteiger partial charge in [-0.3, -0.25) is 4.79 Å². The Labute approximate surface area is 185 Å². The molecule has 0 aromatic heterocycles. The van der Waals surface area contributed by atoms with Gasteiger partial charge >= 0.3 is 11.9 Å². The maximum atomic E-state index is 10.9. The molecular formula is C23H28INO4. The molecule has 4 rings (SSSR count). The molecule has 1 heterocycles. The standard InChI is InChI=1S/C11H13NO2.C6H5I.C6H10O2/c13-11(14)10-7-4-8-12(10)9-5-2-1-3-6-9;7-6-4-2-1-3-5-6;7-6(8)5-3-1-2-4-5/h1-3,5-6,10H,4,7-8H2,(H,13,14);1-5H;5H,1-4H2,(H,7,8)/t10-;;/m1../s1. The number of carbonyl (C=O) groups is 2. The van der Waals surface area contributed by atoms with Gasteiger partial charge in [0.15, 0.2) is 0 Å². The Balaban J connectivity index is 0.000000170. The molecule has 1 aliphatic carbocycles. The van der Waals surface area contributed by atoms with Crippen LogP contribution >= 0.6 is 22.6 Å². The summed E-state index contributed by atoms with van der Waals surface area (Å²) in [7, 11) is 0. The third kappa shape index (κ3) is 8.04. The number of hydrogen-bond acceptors (Lipinski definition) is 3. The minimum atomic E-state index is -0.716. The molecule has 0 radical (unpaired) electrons. The fourth-order valence-corrected chi connectivity index (χ4v) is 3.95. The predicted molar refractivity (Wildman–Crippen MR) is 123 cm³/mol. The van der Waals surface area contributed by atoms with Gasteiger partial charge in [-0.1, -0.05) is 49.2 Å². The van der Waals surface area contributed by atoms with Crippen LogP contribution in [0, 0.1) is 9.49 Å². The minimum Gasteiger partial charge on any atom is -0.481 e. The molecule has 29 heavy (non-hydrogen) atoms. The lowest BCUT2D eigenvalue weighted by molar-refractivity contribution is -0.141. The zero-order chi connectivity index (χ0) is 21.1. The van der Waals surface area contributed by atoms with Crippen molar-refractivity contribution in [2.75, 3.05) is 11.4 Å². The van der Waals surface area contributed by atoms with Gasteiger partial charge in [-0.05, 0) is 72.5 Å². The number of carboxylic acids is 2. The topological polar surface area (TPSA) is 77.8 Å². The Hall–Kier alpha value is -2.09. The van der Waals surface area contributed by atoms with E-state index in [9.17, 15) is 9.59 Å². The number of nitrogens with zero attached hydrogens (tertiary/aromatic N) is 1. The van der Waals surface area contributed by atoms with Crippen LogP contribution in [0.1, 0.15) is 38.5 Å². The molecule has 2 aliphatic rings. The molecule has 0 unspecified atom stereocenters. The summed E-state index contributed by atoms with van der Waals surface area (Å²) in [4.78, 5) is 23.1. The van der Waals surface area contributed by atoms with Gasteiger partial charge in [0, 0.05) is 15.8 Å². The predicted octanol–water partition coefficient (Wildman–Crippen LogP) is 5.29. The highest BCUT2D eigenvalue weighted by Gasteiger charge is 2.30. The van der Waals surface area contributed by atoms with Gasteiger partial charge < -0.3 is 15.1 Å². The Morgan fingerprint density at radius 2 is 1.34 bits per heavy atom. The van der Waals surface area contributed by atoms with Crippen LogP contribution in [0.3, 0.4) is 0 Å². The van der Waals surface area contributed by atoms with Gasteiger partial charge in [0.05, 0.1) is 5.92 Å². The second kappa shape index (κ2) is 12.5. The first-order chi connectivity index (χ1) is 14.0. The Morgan fingerprint density at radius 1 is 0.793 bits per heavy atom. The van der Waals surface area contributed by atoms with Gasteiger partial charge in [0.1, 0.15) is 6.04 Å². The van der Waals surface area contributed by atoms with E-state index in [0.29, 0.717) is 0 Å². The summed E-state index contributed by atoms with van der Waals surface area (Å²) in [5, 5.41) is 17.4. The van der Waals surface area contributed by atoms with Crippen LogP contribution < -0.4 is 4.90 Å². The zero-order valence-electron chi connectivity index (χ0n) is 16.4. The summed E-state index contributed by atoms with van der Waals surface area (Å²) >= 11 is 2.28. The Bertz CT molecular complexity index is 748. The summed E-state index contributed by atoms with van der Waals surface area (Å²) in [5.74, 6) is -1.34. The molecule has 1 saturated carbocycles. The number of benzene rings is 2. The maximum absolute atomic E-state index is 10.9. The number of halogens is 1.